The van der Waals surface area contributed by atoms with Crippen molar-refractivity contribution in [3.63, 3.8) is 0 Å². The van der Waals surface area contributed by atoms with E-state index < -0.39 is 20.9 Å². The van der Waals surface area contributed by atoms with Crippen LogP contribution < -0.4 is 0 Å². The molecular weight excluding hydrogens is 422 g/mol. The minimum absolute atomic E-state index is 0.0294. The van der Waals surface area contributed by atoms with Crippen molar-refractivity contribution in [3.8, 4) is 0 Å². The SMILES string of the molecule is CCN1CCC2(CN(S(C)(=O)=O)CC23CCN(C(=O)/C=C/c2cccs2)CC3)C1=O. The first-order valence-corrected chi connectivity index (χ1v) is 13.2. The van der Waals surface area contributed by atoms with E-state index in [2.05, 4.69) is 0 Å². The molecule has 2 amide bonds. The summed E-state index contributed by atoms with van der Waals surface area (Å²) in [5.41, 5.74) is -1.06. The van der Waals surface area contributed by atoms with E-state index in [1.54, 1.807) is 17.4 Å². The number of rotatable bonds is 4. The third-order valence-electron chi connectivity index (χ3n) is 7.26. The van der Waals surface area contributed by atoms with E-state index in [0.29, 0.717) is 52.0 Å². The highest BCUT2D eigenvalue weighted by Crippen LogP contribution is 2.58. The van der Waals surface area contributed by atoms with Gasteiger partial charge in [-0.2, -0.15) is 0 Å². The topological polar surface area (TPSA) is 78.0 Å². The fourth-order valence-corrected chi connectivity index (χ4v) is 7.02. The predicted molar refractivity (Wildman–Crippen MR) is 117 cm³/mol. The molecule has 4 rings (SSSR count). The fourth-order valence-electron chi connectivity index (χ4n) is 5.46. The molecular formula is C21H29N3O4S2. The van der Waals surface area contributed by atoms with Crippen molar-refractivity contribution in [3.05, 3.63) is 28.5 Å². The molecule has 1 aromatic rings. The van der Waals surface area contributed by atoms with Gasteiger partial charge in [-0.1, -0.05) is 6.07 Å². The van der Waals surface area contributed by atoms with Crippen LogP contribution in [0.5, 0.6) is 0 Å². The maximum absolute atomic E-state index is 13.4. The summed E-state index contributed by atoms with van der Waals surface area (Å²) in [5.74, 6) is 0.0618. The largest absolute Gasteiger partial charge is 0.342 e. The molecule has 0 bridgehead atoms. The van der Waals surface area contributed by atoms with E-state index in [-0.39, 0.29) is 18.4 Å². The highest BCUT2D eigenvalue weighted by Gasteiger charge is 2.66. The van der Waals surface area contributed by atoms with Crippen LogP contribution in [0.2, 0.25) is 0 Å². The quantitative estimate of drug-likeness (QED) is 0.655. The van der Waals surface area contributed by atoms with Crippen molar-refractivity contribution in [2.45, 2.75) is 26.2 Å². The molecule has 9 heteroatoms. The van der Waals surface area contributed by atoms with Gasteiger partial charge in [0.1, 0.15) is 0 Å². The van der Waals surface area contributed by atoms with Crippen LogP contribution in [0.3, 0.4) is 0 Å². The number of hydrogen-bond donors (Lipinski definition) is 0. The Morgan fingerprint density at radius 3 is 2.50 bits per heavy atom. The molecule has 1 atom stereocenters. The number of piperidine rings is 1. The van der Waals surface area contributed by atoms with E-state index >= 15 is 0 Å². The monoisotopic (exact) mass is 451 g/mol. The molecule has 3 aliphatic heterocycles. The predicted octanol–water partition coefficient (Wildman–Crippen LogP) is 1.88. The molecule has 3 fully saturated rings. The van der Waals surface area contributed by atoms with Crippen molar-refractivity contribution < 1.29 is 18.0 Å². The summed E-state index contributed by atoms with van der Waals surface area (Å²) in [7, 11) is -3.38. The number of nitrogens with zero attached hydrogens (tertiary/aromatic N) is 3. The molecule has 3 aliphatic rings. The van der Waals surface area contributed by atoms with E-state index in [4.69, 9.17) is 0 Å². The van der Waals surface area contributed by atoms with Crippen molar-refractivity contribution >= 4 is 39.3 Å². The van der Waals surface area contributed by atoms with E-state index in [9.17, 15) is 18.0 Å². The smallest absolute Gasteiger partial charge is 0.246 e. The second-order valence-electron chi connectivity index (χ2n) is 8.70. The zero-order valence-corrected chi connectivity index (χ0v) is 19.2. The second-order valence-corrected chi connectivity index (χ2v) is 11.7. The Morgan fingerprint density at radius 1 is 1.20 bits per heavy atom. The van der Waals surface area contributed by atoms with E-state index in [1.165, 1.54) is 10.6 Å². The molecule has 164 valence electrons. The number of amides is 2. The van der Waals surface area contributed by atoms with Gasteiger partial charge >= 0.3 is 0 Å². The molecule has 30 heavy (non-hydrogen) atoms. The zero-order valence-electron chi connectivity index (χ0n) is 17.5. The van der Waals surface area contributed by atoms with Crippen LogP contribution in [-0.2, 0) is 19.6 Å². The lowest BCUT2D eigenvalue weighted by atomic mass is 9.60. The number of likely N-dealkylation sites (tertiary alicyclic amines) is 2. The summed E-state index contributed by atoms with van der Waals surface area (Å²) in [5, 5.41) is 1.97. The lowest BCUT2D eigenvalue weighted by Crippen LogP contribution is -2.53. The van der Waals surface area contributed by atoms with Gasteiger partial charge in [-0.25, -0.2) is 12.7 Å². The second kappa shape index (κ2) is 7.76. The summed E-state index contributed by atoms with van der Waals surface area (Å²) >= 11 is 1.58. The highest BCUT2D eigenvalue weighted by molar-refractivity contribution is 7.88. The normalized spacial score (nSPS) is 27.2. The highest BCUT2D eigenvalue weighted by atomic mass is 32.2. The van der Waals surface area contributed by atoms with E-state index in [0.717, 1.165) is 4.88 Å². The summed E-state index contributed by atoms with van der Waals surface area (Å²) in [6, 6.07) is 3.91. The third kappa shape index (κ3) is 3.50. The molecule has 0 saturated carbocycles. The molecule has 4 heterocycles. The Kier molecular flexibility index (Phi) is 5.57. The Balaban J connectivity index is 1.54. The molecule has 1 aromatic heterocycles. The Labute approximate surface area is 182 Å². The molecule has 1 unspecified atom stereocenters. The van der Waals surface area contributed by atoms with Crippen molar-refractivity contribution in [1.82, 2.24) is 14.1 Å². The van der Waals surface area contributed by atoms with Gasteiger partial charge in [-0.3, -0.25) is 9.59 Å². The van der Waals surface area contributed by atoms with Crippen LogP contribution in [0, 0.1) is 10.8 Å². The third-order valence-corrected chi connectivity index (χ3v) is 9.30. The molecule has 3 saturated heterocycles. The van der Waals surface area contributed by atoms with Crippen molar-refractivity contribution in [1.29, 1.82) is 0 Å². The summed E-state index contributed by atoms with van der Waals surface area (Å²) in [6.45, 7) is 5.04. The summed E-state index contributed by atoms with van der Waals surface area (Å²) in [4.78, 5) is 30.7. The average molecular weight is 452 g/mol. The first kappa shape index (κ1) is 21.5. The van der Waals surface area contributed by atoms with Crippen LogP contribution in [0.1, 0.15) is 31.1 Å². The summed E-state index contributed by atoms with van der Waals surface area (Å²) in [6.07, 6.45) is 6.67. The molecule has 2 spiro atoms. The van der Waals surface area contributed by atoms with Gasteiger partial charge < -0.3 is 9.80 Å². The average Bonchev–Trinajstić information content (AvgIpc) is 3.41. The van der Waals surface area contributed by atoms with Gasteiger partial charge in [0.05, 0.1) is 11.7 Å². The number of hydrogen-bond acceptors (Lipinski definition) is 5. The zero-order chi connectivity index (χ0) is 21.6. The van der Waals surface area contributed by atoms with Gasteiger partial charge in [-0.15, -0.1) is 11.3 Å². The summed E-state index contributed by atoms with van der Waals surface area (Å²) < 4.78 is 26.2. The molecule has 0 radical (unpaired) electrons. The maximum atomic E-state index is 13.4. The molecule has 7 nitrogen and oxygen atoms in total. The molecule has 0 N–H and O–H groups in total. The van der Waals surface area contributed by atoms with Crippen LogP contribution in [0.15, 0.2) is 23.6 Å². The van der Waals surface area contributed by atoms with Gasteiger partial charge in [0, 0.05) is 55.6 Å². The van der Waals surface area contributed by atoms with Gasteiger partial charge in [0.2, 0.25) is 21.8 Å². The van der Waals surface area contributed by atoms with Crippen LogP contribution in [-0.4, -0.2) is 79.9 Å². The van der Waals surface area contributed by atoms with Crippen molar-refractivity contribution in [2.75, 3.05) is 45.5 Å². The number of carbonyl (C=O) groups excluding carboxylic acids is 2. The fraction of sp³-hybridized carbons (Fsp3) is 0.619. The van der Waals surface area contributed by atoms with Gasteiger partial charge in [-0.05, 0) is 43.7 Å². The number of carbonyl (C=O) groups is 2. The van der Waals surface area contributed by atoms with Gasteiger partial charge in [0.25, 0.3) is 0 Å². The van der Waals surface area contributed by atoms with Crippen molar-refractivity contribution in [2.24, 2.45) is 10.8 Å². The minimum Gasteiger partial charge on any atom is -0.342 e. The Morgan fingerprint density at radius 2 is 1.93 bits per heavy atom. The van der Waals surface area contributed by atoms with Gasteiger partial charge in [0.15, 0.2) is 0 Å². The molecule has 0 aromatic carbocycles. The molecule has 0 aliphatic carbocycles. The van der Waals surface area contributed by atoms with Crippen LogP contribution >= 0.6 is 11.3 Å². The first-order chi connectivity index (χ1) is 14.2. The number of thiophene rings is 1. The standard InChI is InChI=1S/C21H29N3O4S2/c1-3-22-13-10-21(19(22)26)16-24(30(2,27)28)15-20(21)8-11-23(12-9-20)18(25)7-6-17-5-4-14-29-17/h4-7,14H,3,8-13,15-16H2,1-2H3/b7-6+. The Hall–Kier alpha value is -1.71. The number of fused-ring (bicyclic) bond motifs is 1. The minimum atomic E-state index is -3.38. The maximum Gasteiger partial charge on any atom is 0.246 e. The number of sulfonamides is 1. The van der Waals surface area contributed by atoms with Crippen LogP contribution in [0.4, 0.5) is 0 Å². The lowest BCUT2D eigenvalue weighted by molar-refractivity contribution is -0.143. The van der Waals surface area contributed by atoms with E-state index in [1.807, 2.05) is 40.3 Å². The first-order valence-electron chi connectivity index (χ1n) is 10.5. The van der Waals surface area contributed by atoms with Crippen LogP contribution in [0.25, 0.3) is 6.08 Å². The Bertz CT molecular complexity index is 949. The lowest BCUT2D eigenvalue weighted by Gasteiger charge is -2.46.